The summed E-state index contributed by atoms with van der Waals surface area (Å²) < 4.78 is 0. The molecule has 0 aliphatic carbocycles. The number of rotatable bonds is 9. The molecular weight excluding hydrogens is 206 g/mol. The van der Waals surface area contributed by atoms with Gasteiger partial charge in [-0.2, -0.15) is 0 Å². The zero-order valence-corrected chi connectivity index (χ0v) is 12.5. The Labute approximate surface area is 108 Å². The van der Waals surface area contributed by atoms with E-state index in [4.69, 9.17) is 0 Å². The van der Waals surface area contributed by atoms with Crippen molar-refractivity contribution in [3.8, 4) is 0 Å². The first kappa shape index (κ1) is 16.4. The summed E-state index contributed by atoms with van der Waals surface area (Å²) in [6.45, 7) is 16.4. The molecule has 0 aromatic rings. The Kier molecular flexibility index (Phi) is 9.16. The maximum absolute atomic E-state index is 4.13. The molecule has 1 heteroatoms. The predicted molar refractivity (Wildman–Crippen MR) is 79.3 cm³/mol. The van der Waals surface area contributed by atoms with Gasteiger partial charge in [-0.05, 0) is 32.2 Å². The predicted octanol–water partition coefficient (Wildman–Crippen LogP) is 4.70. The molecular formula is C16H31N. The lowest BCUT2D eigenvalue weighted by molar-refractivity contribution is 0.516. The second-order valence-electron chi connectivity index (χ2n) is 5.27. The average molecular weight is 237 g/mol. The highest BCUT2D eigenvalue weighted by atomic mass is 14.9. The van der Waals surface area contributed by atoms with Gasteiger partial charge in [0.05, 0.1) is 0 Å². The van der Waals surface area contributed by atoms with Crippen LogP contribution in [0.4, 0.5) is 0 Å². The minimum atomic E-state index is 0.530. The monoisotopic (exact) mass is 237 g/mol. The molecule has 0 saturated heterocycles. The largest absolute Gasteiger partial charge is 0.310 e. The van der Waals surface area contributed by atoms with E-state index in [1.54, 1.807) is 0 Å². The zero-order chi connectivity index (χ0) is 13.3. The lowest BCUT2D eigenvalue weighted by atomic mass is 9.97. The molecule has 0 aromatic heterocycles. The Morgan fingerprint density at radius 1 is 1.24 bits per heavy atom. The standard InChI is InChI=1S/C16H31N/c1-7-9-11-17-16(10-8-2)15(6)12-14(5)13(3)4/h12-13,16-17H,5,7-11H2,1-4,6H3/b15-12+. The maximum Gasteiger partial charge on any atom is 0.0279 e. The number of nitrogens with one attached hydrogen (secondary N) is 1. The Balaban J connectivity index is 4.41. The van der Waals surface area contributed by atoms with Crippen LogP contribution in [-0.4, -0.2) is 12.6 Å². The summed E-state index contributed by atoms with van der Waals surface area (Å²) in [6, 6.07) is 0.530. The van der Waals surface area contributed by atoms with Crippen molar-refractivity contribution in [3.63, 3.8) is 0 Å². The summed E-state index contributed by atoms with van der Waals surface area (Å²) in [6.07, 6.45) is 7.23. The molecule has 0 aliphatic rings. The quantitative estimate of drug-likeness (QED) is 0.452. The van der Waals surface area contributed by atoms with Gasteiger partial charge in [0.25, 0.3) is 0 Å². The van der Waals surface area contributed by atoms with Gasteiger partial charge in [0, 0.05) is 6.04 Å². The molecule has 0 spiro atoms. The van der Waals surface area contributed by atoms with E-state index in [0.717, 1.165) is 6.54 Å². The van der Waals surface area contributed by atoms with Gasteiger partial charge in [-0.25, -0.2) is 0 Å². The van der Waals surface area contributed by atoms with Crippen LogP contribution in [0.1, 0.15) is 60.3 Å². The second-order valence-corrected chi connectivity index (χ2v) is 5.27. The molecule has 1 atom stereocenters. The van der Waals surface area contributed by atoms with Crippen molar-refractivity contribution < 1.29 is 0 Å². The van der Waals surface area contributed by atoms with Gasteiger partial charge in [0.15, 0.2) is 0 Å². The molecule has 1 unspecified atom stereocenters. The summed E-state index contributed by atoms with van der Waals surface area (Å²) in [7, 11) is 0. The summed E-state index contributed by atoms with van der Waals surface area (Å²) in [5.41, 5.74) is 2.67. The minimum Gasteiger partial charge on any atom is -0.310 e. The van der Waals surface area contributed by atoms with E-state index in [9.17, 15) is 0 Å². The molecule has 0 aliphatic heterocycles. The van der Waals surface area contributed by atoms with Crippen LogP contribution in [0.5, 0.6) is 0 Å². The van der Waals surface area contributed by atoms with Crippen LogP contribution < -0.4 is 5.32 Å². The van der Waals surface area contributed by atoms with Gasteiger partial charge >= 0.3 is 0 Å². The lowest BCUT2D eigenvalue weighted by Gasteiger charge is -2.20. The number of hydrogen-bond donors (Lipinski definition) is 1. The smallest absolute Gasteiger partial charge is 0.0279 e. The maximum atomic E-state index is 4.13. The SMILES string of the molecule is C=C(/C=C(\C)C(CCC)NCCCC)C(C)C. The minimum absolute atomic E-state index is 0.530. The van der Waals surface area contributed by atoms with Crippen LogP contribution in [0.15, 0.2) is 23.8 Å². The first-order chi connectivity index (χ1) is 8.02. The Bertz CT molecular complexity index is 238. The Morgan fingerprint density at radius 2 is 1.88 bits per heavy atom. The molecule has 0 bridgehead atoms. The third-order valence-corrected chi connectivity index (χ3v) is 3.20. The van der Waals surface area contributed by atoms with E-state index >= 15 is 0 Å². The van der Waals surface area contributed by atoms with Crippen LogP contribution in [0, 0.1) is 5.92 Å². The highest BCUT2D eigenvalue weighted by Gasteiger charge is 2.09. The van der Waals surface area contributed by atoms with Crippen molar-refractivity contribution in [2.75, 3.05) is 6.54 Å². The average Bonchev–Trinajstić information content (AvgIpc) is 2.27. The zero-order valence-electron chi connectivity index (χ0n) is 12.5. The molecule has 17 heavy (non-hydrogen) atoms. The van der Waals surface area contributed by atoms with Gasteiger partial charge < -0.3 is 5.32 Å². The van der Waals surface area contributed by atoms with E-state index in [-0.39, 0.29) is 0 Å². The van der Waals surface area contributed by atoms with Gasteiger partial charge in [-0.1, -0.05) is 64.3 Å². The molecule has 100 valence electrons. The van der Waals surface area contributed by atoms with Gasteiger partial charge in [-0.3, -0.25) is 0 Å². The number of hydrogen-bond acceptors (Lipinski definition) is 1. The van der Waals surface area contributed by atoms with Crippen molar-refractivity contribution in [1.29, 1.82) is 0 Å². The number of unbranched alkanes of at least 4 members (excludes halogenated alkanes) is 1. The van der Waals surface area contributed by atoms with Crippen LogP contribution in [0.25, 0.3) is 0 Å². The molecule has 0 saturated carbocycles. The van der Waals surface area contributed by atoms with Crippen molar-refractivity contribution in [2.24, 2.45) is 5.92 Å². The molecule has 0 radical (unpaired) electrons. The fourth-order valence-electron chi connectivity index (χ4n) is 1.79. The van der Waals surface area contributed by atoms with Crippen LogP contribution in [-0.2, 0) is 0 Å². The summed E-state index contributed by atoms with van der Waals surface area (Å²) in [5.74, 6) is 0.544. The second kappa shape index (κ2) is 9.47. The van der Waals surface area contributed by atoms with Crippen LogP contribution in [0.3, 0.4) is 0 Å². The normalized spacial score (nSPS) is 14.1. The van der Waals surface area contributed by atoms with Crippen LogP contribution in [0.2, 0.25) is 0 Å². The third kappa shape index (κ3) is 7.38. The van der Waals surface area contributed by atoms with E-state index in [2.05, 4.69) is 52.6 Å². The molecule has 0 fully saturated rings. The first-order valence-corrected chi connectivity index (χ1v) is 7.13. The topological polar surface area (TPSA) is 12.0 Å². The highest BCUT2D eigenvalue weighted by Crippen LogP contribution is 2.15. The van der Waals surface area contributed by atoms with E-state index < -0.39 is 0 Å². The molecule has 0 amide bonds. The first-order valence-electron chi connectivity index (χ1n) is 7.13. The van der Waals surface area contributed by atoms with Crippen molar-refractivity contribution in [1.82, 2.24) is 5.32 Å². The van der Waals surface area contributed by atoms with Gasteiger partial charge in [0.1, 0.15) is 0 Å². The van der Waals surface area contributed by atoms with Crippen molar-refractivity contribution in [3.05, 3.63) is 23.8 Å². The molecule has 1 N–H and O–H groups in total. The third-order valence-electron chi connectivity index (χ3n) is 3.20. The lowest BCUT2D eigenvalue weighted by Crippen LogP contribution is -2.31. The molecule has 0 rings (SSSR count). The van der Waals surface area contributed by atoms with Crippen molar-refractivity contribution >= 4 is 0 Å². The molecule has 0 aromatic carbocycles. The fourth-order valence-corrected chi connectivity index (χ4v) is 1.79. The summed E-state index contributed by atoms with van der Waals surface area (Å²) in [5, 5.41) is 3.66. The van der Waals surface area contributed by atoms with Crippen LogP contribution >= 0.6 is 0 Å². The van der Waals surface area contributed by atoms with E-state index in [1.807, 2.05) is 0 Å². The molecule has 0 heterocycles. The highest BCUT2D eigenvalue weighted by molar-refractivity contribution is 5.24. The van der Waals surface area contributed by atoms with E-state index in [0.29, 0.717) is 12.0 Å². The molecule has 1 nitrogen and oxygen atoms in total. The van der Waals surface area contributed by atoms with E-state index in [1.165, 1.54) is 36.8 Å². The summed E-state index contributed by atoms with van der Waals surface area (Å²) in [4.78, 5) is 0. The fraction of sp³-hybridized carbons (Fsp3) is 0.750. The number of allylic oxidation sites excluding steroid dienone is 2. The Hall–Kier alpha value is -0.560. The van der Waals surface area contributed by atoms with Crippen molar-refractivity contribution in [2.45, 2.75) is 66.3 Å². The van der Waals surface area contributed by atoms with Gasteiger partial charge in [0.2, 0.25) is 0 Å². The summed E-state index contributed by atoms with van der Waals surface area (Å²) >= 11 is 0. The Morgan fingerprint density at radius 3 is 2.35 bits per heavy atom. The van der Waals surface area contributed by atoms with Gasteiger partial charge in [-0.15, -0.1) is 0 Å².